The lowest BCUT2D eigenvalue weighted by atomic mass is 10.1. The largest absolute Gasteiger partial charge is 0.322 e. The number of rotatable bonds is 3. The van der Waals surface area contributed by atoms with E-state index in [9.17, 15) is 4.39 Å². The van der Waals surface area contributed by atoms with Gasteiger partial charge >= 0.3 is 0 Å². The summed E-state index contributed by atoms with van der Waals surface area (Å²) in [5, 5.41) is 2.72. The second-order valence-corrected chi connectivity index (χ2v) is 5.21. The number of hydrogen-bond acceptors (Lipinski definition) is 3. The first-order valence-corrected chi connectivity index (χ1v) is 6.43. The maximum Gasteiger partial charge on any atom is 0.132 e. The second-order valence-electron chi connectivity index (χ2n) is 4.32. The third-order valence-corrected chi connectivity index (χ3v) is 3.62. The maximum absolute atomic E-state index is 13.6. The highest BCUT2D eigenvalue weighted by atomic mass is 32.1. The van der Waals surface area contributed by atoms with E-state index in [4.69, 9.17) is 5.73 Å². The Bertz CT molecular complexity index is 508. The van der Waals surface area contributed by atoms with Crippen molar-refractivity contribution in [2.75, 3.05) is 0 Å². The normalized spacial score (nSPS) is 13.0. The predicted molar refractivity (Wildman–Crippen MR) is 69.3 cm³/mol. The summed E-state index contributed by atoms with van der Waals surface area (Å²) >= 11 is 1.49. The van der Waals surface area contributed by atoms with Crippen LogP contribution in [-0.2, 0) is 0 Å². The van der Waals surface area contributed by atoms with Crippen molar-refractivity contribution in [3.8, 4) is 11.3 Å². The SMILES string of the molecule is CC(C)C(N)c1nc(-c2ccccc2F)cs1. The fourth-order valence-electron chi connectivity index (χ4n) is 1.52. The van der Waals surface area contributed by atoms with Gasteiger partial charge in [-0.2, -0.15) is 0 Å². The van der Waals surface area contributed by atoms with E-state index in [2.05, 4.69) is 18.8 Å². The zero-order chi connectivity index (χ0) is 12.4. The van der Waals surface area contributed by atoms with E-state index in [0.717, 1.165) is 5.01 Å². The van der Waals surface area contributed by atoms with Crippen LogP contribution >= 0.6 is 11.3 Å². The van der Waals surface area contributed by atoms with E-state index in [1.807, 2.05) is 5.38 Å². The van der Waals surface area contributed by atoms with Crippen LogP contribution in [0.25, 0.3) is 11.3 Å². The molecule has 4 heteroatoms. The van der Waals surface area contributed by atoms with Gasteiger partial charge in [-0.25, -0.2) is 9.37 Å². The summed E-state index contributed by atoms with van der Waals surface area (Å²) in [6.45, 7) is 4.10. The Morgan fingerprint density at radius 1 is 1.29 bits per heavy atom. The molecule has 0 saturated carbocycles. The highest BCUT2D eigenvalue weighted by molar-refractivity contribution is 7.10. The minimum atomic E-state index is -0.248. The Kier molecular flexibility index (Phi) is 3.54. The molecule has 0 amide bonds. The van der Waals surface area contributed by atoms with Crippen molar-refractivity contribution in [3.63, 3.8) is 0 Å². The fraction of sp³-hybridized carbons (Fsp3) is 0.308. The lowest BCUT2D eigenvalue weighted by Crippen LogP contribution is -2.16. The molecule has 1 heterocycles. The van der Waals surface area contributed by atoms with Gasteiger partial charge in [0, 0.05) is 10.9 Å². The molecular formula is C13H15FN2S. The Morgan fingerprint density at radius 2 is 2.00 bits per heavy atom. The van der Waals surface area contributed by atoms with E-state index >= 15 is 0 Å². The van der Waals surface area contributed by atoms with Gasteiger partial charge in [0.2, 0.25) is 0 Å². The van der Waals surface area contributed by atoms with Gasteiger partial charge in [-0.05, 0) is 18.1 Å². The van der Waals surface area contributed by atoms with Gasteiger partial charge in [0.25, 0.3) is 0 Å². The van der Waals surface area contributed by atoms with Crippen LogP contribution in [0.3, 0.4) is 0 Å². The van der Waals surface area contributed by atoms with E-state index in [1.165, 1.54) is 17.4 Å². The first-order chi connectivity index (χ1) is 8.09. The van der Waals surface area contributed by atoms with Crippen LogP contribution in [0.1, 0.15) is 24.9 Å². The Morgan fingerprint density at radius 3 is 2.65 bits per heavy atom. The molecule has 0 radical (unpaired) electrons. The minimum Gasteiger partial charge on any atom is -0.322 e. The highest BCUT2D eigenvalue weighted by Crippen LogP contribution is 2.28. The molecule has 17 heavy (non-hydrogen) atoms. The van der Waals surface area contributed by atoms with Crippen LogP contribution in [0, 0.1) is 11.7 Å². The van der Waals surface area contributed by atoms with Gasteiger partial charge in [0.05, 0.1) is 11.7 Å². The van der Waals surface area contributed by atoms with Crippen molar-refractivity contribution in [2.24, 2.45) is 11.7 Å². The van der Waals surface area contributed by atoms with Crippen LogP contribution in [0.4, 0.5) is 4.39 Å². The third kappa shape index (κ3) is 2.53. The Balaban J connectivity index is 2.34. The third-order valence-electron chi connectivity index (χ3n) is 2.68. The smallest absolute Gasteiger partial charge is 0.132 e. The number of thiazole rings is 1. The van der Waals surface area contributed by atoms with E-state index < -0.39 is 0 Å². The molecule has 1 unspecified atom stereocenters. The Hall–Kier alpha value is -1.26. The Labute approximate surface area is 104 Å². The highest BCUT2D eigenvalue weighted by Gasteiger charge is 2.16. The second kappa shape index (κ2) is 4.94. The lowest BCUT2D eigenvalue weighted by Gasteiger charge is -2.11. The van der Waals surface area contributed by atoms with Crippen LogP contribution in [0.2, 0.25) is 0 Å². The van der Waals surface area contributed by atoms with Crippen molar-refractivity contribution >= 4 is 11.3 Å². The molecule has 90 valence electrons. The number of nitrogens with zero attached hydrogens (tertiary/aromatic N) is 1. The first-order valence-electron chi connectivity index (χ1n) is 5.55. The zero-order valence-electron chi connectivity index (χ0n) is 9.85. The predicted octanol–water partition coefficient (Wildman–Crippen LogP) is 3.61. The number of nitrogens with two attached hydrogens (primary N) is 1. The summed E-state index contributed by atoms with van der Waals surface area (Å²) in [5.74, 6) is 0.0806. The van der Waals surface area contributed by atoms with Crippen LogP contribution in [0.15, 0.2) is 29.6 Å². The summed E-state index contributed by atoms with van der Waals surface area (Å²) in [5.41, 5.74) is 7.22. The molecule has 2 nitrogen and oxygen atoms in total. The summed E-state index contributed by atoms with van der Waals surface area (Å²) in [4.78, 5) is 4.42. The molecule has 0 saturated heterocycles. The molecule has 0 bridgehead atoms. The summed E-state index contributed by atoms with van der Waals surface area (Å²) in [7, 11) is 0. The average molecular weight is 250 g/mol. The summed E-state index contributed by atoms with van der Waals surface area (Å²) < 4.78 is 13.6. The summed E-state index contributed by atoms with van der Waals surface area (Å²) in [6, 6.07) is 6.57. The van der Waals surface area contributed by atoms with Gasteiger partial charge in [-0.3, -0.25) is 0 Å². The van der Waals surface area contributed by atoms with Gasteiger partial charge < -0.3 is 5.73 Å². The number of benzene rings is 1. The van der Waals surface area contributed by atoms with Crippen molar-refractivity contribution < 1.29 is 4.39 Å². The maximum atomic E-state index is 13.6. The molecule has 1 aromatic heterocycles. The van der Waals surface area contributed by atoms with Crippen LogP contribution in [-0.4, -0.2) is 4.98 Å². The van der Waals surface area contributed by atoms with Crippen molar-refractivity contribution in [1.82, 2.24) is 4.98 Å². The lowest BCUT2D eigenvalue weighted by molar-refractivity contribution is 0.512. The topological polar surface area (TPSA) is 38.9 Å². The molecule has 0 aliphatic heterocycles. The van der Waals surface area contributed by atoms with Gasteiger partial charge in [0.1, 0.15) is 10.8 Å². The molecule has 0 aliphatic rings. The fourth-order valence-corrected chi connectivity index (χ4v) is 2.51. The molecule has 2 rings (SSSR count). The molecule has 2 N–H and O–H groups in total. The standard InChI is InChI=1S/C13H15FN2S/c1-8(2)12(15)13-16-11(7-17-13)9-5-3-4-6-10(9)14/h3-8,12H,15H2,1-2H3. The van der Waals surface area contributed by atoms with Crippen molar-refractivity contribution in [2.45, 2.75) is 19.9 Å². The van der Waals surface area contributed by atoms with Gasteiger partial charge in [-0.15, -0.1) is 11.3 Å². The quantitative estimate of drug-likeness (QED) is 0.903. The molecule has 0 aliphatic carbocycles. The average Bonchev–Trinajstić information content (AvgIpc) is 2.77. The van der Waals surface area contributed by atoms with E-state index in [0.29, 0.717) is 17.2 Å². The van der Waals surface area contributed by atoms with Crippen LogP contribution in [0.5, 0.6) is 0 Å². The number of aromatic nitrogens is 1. The van der Waals surface area contributed by atoms with E-state index in [1.54, 1.807) is 18.2 Å². The van der Waals surface area contributed by atoms with Gasteiger partial charge in [0.15, 0.2) is 0 Å². The monoisotopic (exact) mass is 250 g/mol. The molecule has 2 aromatic rings. The van der Waals surface area contributed by atoms with Crippen LogP contribution < -0.4 is 5.73 Å². The number of hydrogen-bond donors (Lipinski definition) is 1. The molecule has 0 spiro atoms. The summed E-state index contributed by atoms with van der Waals surface area (Å²) in [6.07, 6.45) is 0. The van der Waals surface area contributed by atoms with E-state index in [-0.39, 0.29) is 11.9 Å². The first kappa shape index (κ1) is 12.2. The zero-order valence-corrected chi connectivity index (χ0v) is 10.7. The van der Waals surface area contributed by atoms with Crippen molar-refractivity contribution in [3.05, 3.63) is 40.5 Å². The molecular weight excluding hydrogens is 235 g/mol. The van der Waals surface area contributed by atoms with Crippen molar-refractivity contribution in [1.29, 1.82) is 0 Å². The van der Waals surface area contributed by atoms with Gasteiger partial charge in [-0.1, -0.05) is 26.0 Å². The molecule has 1 atom stereocenters. The molecule has 0 fully saturated rings. The molecule has 1 aromatic carbocycles. The minimum absolute atomic E-state index is 0.0828. The number of halogens is 1.